The Morgan fingerprint density at radius 3 is 2.60 bits per heavy atom. The zero-order chi connectivity index (χ0) is 15.1. The first-order valence-electron chi connectivity index (χ1n) is 7.08. The number of carbonyl (C=O) groups is 1. The van der Waals surface area contributed by atoms with E-state index >= 15 is 0 Å². The lowest BCUT2D eigenvalue weighted by Gasteiger charge is -2.19. The lowest BCUT2D eigenvalue weighted by Crippen LogP contribution is -2.39. The molecule has 0 spiro atoms. The summed E-state index contributed by atoms with van der Waals surface area (Å²) in [4.78, 5) is 11.9. The van der Waals surface area contributed by atoms with Crippen molar-refractivity contribution in [2.75, 3.05) is 6.61 Å². The molecule has 2 unspecified atom stereocenters. The molecule has 1 rings (SSSR count). The number of carbonyl (C=O) groups excluding carboxylic acids is 1. The van der Waals surface area contributed by atoms with Crippen molar-refractivity contribution < 1.29 is 14.6 Å². The smallest absolute Gasteiger partial charge is 0.224 e. The number of rotatable bonds is 7. The van der Waals surface area contributed by atoms with Crippen LogP contribution in [0.1, 0.15) is 33.3 Å². The standard InChI is InChI=1S/C16H25NO3/c1-11(2)20-15-7-5-6-14(8-15)9-16(19)17-13(4)12(3)10-18/h5-8,11-13,18H,9-10H2,1-4H3,(H,17,19). The monoisotopic (exact) mass is 279 g/mol. The van der Waals surface area contributed by atoms with E-state index in [1.165, 1.54) is 0 Å². The normalized spacial score (nSPS) is 13.9. The fourth-order valence-electron chi connectivity index (χ4n) is 1.79. The van der Waals surface area contributed by atoms with Crippen molar-refractivity contribution in [2.24, 2.45) is 5.92 Å². The summed E-state index contributed by atoms with van der Waals surface area (Å²) in [5, 5.41) is 12.0. The van der Waals surface area contributed by atoms with E-state index in [9.17, 15) is 4.79 Å². The molecule has 4 nitrogen and oxygen atoms in total. The molecule has 2 N–H and O–H groups in total. The van der Waals surface area contributed by atoms with Crippen molar-refractivity contribution in [3.63, 3.8) is 0 Å². The van der Waals surface area contributed by atoms with Crippen LogP contribution in [0.4, 0.5) is 0 Å². The molecular weight excluding hydrogens is 254 g/mol. The van der Waals surface area contributed by atoms with Gasteiger partial charge in [-0.2, -0.15) is 0 Å². The highest BCUT2D eigenvalue weighted by Gasteiger charge is 2.14. The first-order chi connectivity index (χ1) is 9.42. The predicted octanol–water partition coefficient (Wildman–Crippen LogP) is 2.15. The maximum atomic E-state index is 11.9. The molecule has 1 aromatic carbocycles. The zero-order valence-electron chi connectivity index (χ0n) is 12.7. The lowest BCUT2D eigenvalue weighted by molar-refractivity contribution is -0.121. The van der Waals surface area contributed by atoms with Gasteiger partial charge < -0.3 is 15.2 Å². The van der Waals surface area contributed by atoms with Crippen LogP contribution in [0.15, 0.2) is 24.3 Å². The molecule has 20 heavy (non-hydrogen) atoms. The van der Waals surface area contributed by atoms with Crippen molar-refractivity contribution in [1.29, 1.82) is 0 Å². The van der Waals surface area contributed by atoms with Crippen LogP contribution in [0.2, 0.25) is 0 Å². The number of benzene rings is 1. The third-order valence-corrected chi connectivity index (χ3v) is 3.17. The van der Waals surface area contributed by atoms with Crippen molar-refractivity contribution >= 4 is 5.91 Å². The molecule has 4 heteroatoms. The fourth-order valence-corrected chi connectivity index (χ4v) is 1.79. The van der Waals surface area contributed by atoms with Crippen LogP contribution in [-0.2, 0) is 11.2 Å². The van der Waals surface area contributed by atoms with Crippen LogP contribution in [0.5, 0.6) is 5.75 Å². The first-order valence-corrected chi connectivity index (χ1v) is 7.08. The highest BCUT2D eigenvalue weighted by molar-refractivity contribution is 5.78. The molecule has 0 saturated carbocycles. The summed E-state index contributed by atoms with van der Waals surface area (Å²) < 4.78 is 5.61. The summed E-state index contributed by atoms with van der Waals surface area (Å²) >= 11 is 0. The average molecular weight is 279 g/mol. The third-order valence-electron chi connectivity index (χ3n) is 3.17. The van der Waals surface area contributed by atoms with Crippen LogP contribution in [0.3, 0.4) is 0 Å². The van der Waals surface area contributed by atoms with Gasteiger partial charge in [-0.15, -0.1) is 0 Å². The number of hydrogen-bond donors (Lipinski definition) is 2. The highest BCUT2D eigenvalue weighted by atomic mass is 16.5. The largest absolute Gasteiger partial charge is 0.491 e. The van der Waals surface area contributed by atoms with Crippen LogP contribution < -0.4 is 10.1 Å². The summed E-state index contributed by atoms with van der Waals surface area (Å²) in [7, 11) is 0. The van der Waals surface area contributed by atoms with Gasteiger partial charge in [0, 0.05) is 12.6 Å². The topological polar surface area (TPSA) is 58.6 Å². The third kappa shape index (κ3) is 5.61. The highest BCUT2D eigenvalue weighted by Crippen LogP contribution is 2.15. The Morgan fingerprint density at radius 2 is 2.00 bits per heavy atom. The van der Waals surface area contributed by atoms with Crippen LogP contribution in [-0.4, -0.2) is 29.8 Å². The van der Waals surface area contributed by atoms with Gasteiger partial charge in [0.15, 0.2) is 0 Å². The number of hydrogen-bond acceptors (Lipinski definition) is 3. The van der Waals surface area contributed by atoms with E-state index < -0.39 is 0 Å². The molecule has 2 atom stereocenters. The van der Waals surface area contributed by atoms with Gasteiger partial charge in [0.1, 0.15) is 5.75 Å². The summed E-state index contributed by atoms with van der Waals surface area (Å²) in [6, 6.07) is 7.53. The fraction of sp³-hybridized carbons (Fsp3) is 0.562. The Kier molecular flexibility index (Phi) is 6.52. The molecule has 0 bridgehead atoms. The van der Waals surface area contributed by atoms with Crippen LogP contribution >= 0.6 is 0 Å². The number of aliphatic hydroxyl groups is 1. The Bertz CT molecular complexity index is 431. The molecule has 0 aliphatic carbocycles. The predicted molar refractivity (Wildman–Crippen MR) is 79.8 cm³/mol. The number of nitrogens with one attached hydrogen (secondary N) is 1. The number of aliphatic hydroxyl groups excluding tert-OH is 1. The number of ether oxygens (including phenoxy) is 1. The van der Waals surface area contributed by atoms with Gasteiger partial charge in [0.25, 0.3) is 0 Å². The molecule has 0 radical (unpaired) electrons. The lowest BCUT2D eigenvalue weighted by atomic mass is 10.0. The minimum absolute atomic E-state index is 0.0393. The van der Waals surface area contributed by atoms with Crippen molar-refractivity contribution in [1.82, 2.24) is 5.32 Å². The second-order valence-corrected chi connectivity index (χ2v) is 5.51. The van der Waals surface area contributed by atoms with Crippen LogP contribution in [0, 0.1) is 5.92 Å². The van der Waals surface area contributed by atoms with Crippen LogP contribution in [0.25, 0.3) is 0 Å². The van der Waals surface area contributed by atoms with E-state index in [-0.39, 0.29) is 30.6 Å². The van der Waals surface area contributed by atoms with Gasteiger partial charge in [-0.05, 0) is 44.4 Å². The van der Waals surface area contributed by atoms with Gasteiger partial charge >= 0.3 is 0 Å². The van der Waals surface area contributed by atoms with Crippen molar-refractivity contribution in [3.8, 4) is 5.75 Å². The average Bonchev–Trinajstić information content (AvgIpc) is 2.37. The van der Waals surface area contributed by atoms with Gasteiger partial charge in [0.05, 0.1) is 12.5 Å². The SMILES string of the molecule is CC(C)Oc1cccc(CC(=O)NC(C)C(C)CO)c1. The molecule has 0 fully saturated rings. The molecule has 0 aliphatic heterocycles. The van der Waals surface area contributed by atoms with Gasteiger partial charge in [-0.25, -0.2) is 0 Å². The van der Waals surface area contributed by atoms with E-state index in [1.54, 1.807) is 0 Å². The molecule has 1 amide bonds. The number of amides is 1. The summed E-state index contributed by atoms with van der Waals surface area (Å²) in [5.41, 5.74) is 0.921. The van der Waals surface area contributed by atoms with E-state index in [0.29, 0.717) is 6.42 Å². The molecule has 1 aromatic rings. The van der Waals surface area contributed by atoms with Gasteiger partial charge in [-0.3, -0.25) is 4.79 Å². The molecule has 0 saturated heterocycles. The summed E-state index contributed by atoms with van der Waals surface area (Å²) in [5.74, 6) is 0.788. The summed E-state index contributed by atoms with van der Waals surface area (Å²) in [6.07, 6.45) is 0.433. The molecular formula is C16H25NO3. The maximum absolute atomic E-state index is 11.9. The van der Waals surface area contributed by atoms with E-state index in [4.69, 9.17) is 9.84 Å². The Morgan fingerprint density at radius 1 is 1.30 bits per heavy atom. The van der Waals surface area contributed by atoms with E-state index in [2.05, 4.69) is 5.32 Å². The van der Waals surface area contributed by atoms with Gasteiger partial charge in [-0.1, -0.05) is 19.1 Å². The Balaban J connectivity index is 2.57. The summed E-state index contributed by atoms with van der Waals surface area (Å²) in [6.45, 7) is 7.81. The quantitative estimate of drug-likeness (QED) is 0.804. The van der Waals surface area contributed by atoms with Gasteiger partial charge in [0.2, 0.25) is 5.91 Å². The van der Waals surface area contributed by atoms with E-state index in [1.807, 2.05) is 52.0 Å². The Hall–Kier alpha value is -1.55. The molecule has 0 aromatic heterocycles. The maximum Gasteiger partial charge on any atom is 0.224 e. The Labute approximate surface area is 121 Å². The minimum atomic E-state index is -0.0421. The van der Waals surface area contributed by atoms with E-state index in [0.717, 1.165) is 11.3 Å². The van der Waals surface area contributed by atoms with Crippen molar-refractivity contribution in [2.45, 2.75) is 46.3 Å². The molecule has 112 valence electrons. The van der Waals surface area contributed by atoms with Crippen molar-refractivity contribution in [3.05, 3.63) is 29.8 Å². The second kappa shape index (κ2) is 7.90. The second-order valence-electron chi connectivity index (χ2n) is 5.51. The zero-order valence-corrected chi connectivity index (χ0v) is 12.7. The minimum Gasteiger partial charge on any atom is -0.491 e. The molecule has 0 heterocycles. The molecule has 0 aliphatic rings. The first kappa shape index (κ1) is 16.5.